The number of fused-ring (bicyclic) bond motifs is 4. The Bertz CT molecular complexity index is 1940. The van der Waals surface area contributed by atoms with Crippen LogP contribution in [0.4, 0.5) is 0 Å². The molecular weight excluding hydrogens is 546 g/mol. The molecule has 0 radical (unpaired) electrons. The fourth-order valence-electron chi connectivity index (χ4n) is 6.42. The molecule has 0 N–H and O–H groups in total. The molecule has 2 aliphatic heterocycles. The van der Waals surface area contributed by atoms with Crippen LogP contribution in [0.2, 0.25) is 0 Å². The number of rotatable bonds is 6. The van der Waals surface area contributed by atoms with Gasteiger partial charge >= 0.3 is 0 Å². The summed E-state index contributed by atoms with van der Waals surface area (Å²) >= 11 is 0. The van der Waals surface area contributed by atoms with Crippen LogP contribution in [-0.2, 0) is 29.6 Å². The van der Waals surface area contributed by atoms with Crippen LogP contribution in [0.15, 0.2) is 101 Å². The van der Waals surface area contributed by atoms with E-state index in [1.807, 2.05) is 67.6 Å². The molecule has 3 aromatic carbocycles. The van der Waals surface area contributed by atoms with Crippen molar-refractivity contribution in [1.82, 2.24) is 13.4 Å². The van der Waals surface area contributed by atoms with Gasteiger partial charge in [0, 0.05) is 42.4 Å². The number of aromatic nitrogens is 2. The van der Waals surface area contributed by atoms with Gasteiger partial charge in [-0.05, 0) is 67.8 Å². The molecule has 0 spiro atoms. The highest BCUT2D eigenvalue weighted by Gasteiger charge is 2.35. The molecule has 1 atom stereocenters. The minimum atomic E-state index is -3.88. The van der Waals surface area contributed by atoms with E-state index in [1.165, 1.54) is 23.5 Å². The first kappa shape index (κ1) is 26.7. The van der Waals surface area contributed by atoms with Gasteiger partial charge in [-0.2, -0.15) is 0 Å². The first-order valence-electron chi connectivity index (χ1n) is 14.5. The van der Waals surface area contributed by atoms with Crippen molar-refractivity contribution in [2.24, 2.45) is 0 Å². The molecule has 42 heavy (non-hydrogen) atoms. The zero-order valence-corrected chi connectivity index (χ0v) is 24.4. The molecule has 1 fully saturated rings. The average Bonchev–Trinajstić information content (AvgIpc) is 3.32. The van der Waals surface area contributed by atoms with Gasteiger partial charge in [0.2, 0.25) is 0 Å². The first-order chi connectivity index (χ1) is 20.4. The molecule has 214 valence electrons. The molecule has 2 aliphatic rings. The molecule has 5 aromatic rings. The van der Waals surface area contributed by atoms with Gasteiger partial charge in [-0.1, -0.05) is 60.5 Å². The summed E-state index contributed by atoms with van der Waals surface area (Å²) in [7, 11) is -3.88. The number of hydrogen-bond acceptors (Lipinski definition) is 5. The third-order valence-corrected chi connectivity index (χ3v) is 10.4. The Balaban J connectivity index is 1.32. The Labute approximate surface area is 245 Å². The van der Waals surface area contributed by atoms with Gasteiger partial charge in [-0.3, -0.25) is 14.3 Å². The highest BCUT2D eigenvalue weighted by molar-refractivity contribution is 7.90. The van der Waals surface area contributed by atoms with Crippen LogP contribution in [0, 0.1) is 6.92 Å². The summed E-state index contributed by atoms with van der Waals surface area (Å²) in [5.41, 5.74) is 4.92. The molecule has 1 saturated heterocycles. The van der Waals surface area contributed by atoms with Crippen LogP contribution < -0.4 is 10.3 Å². The first-order valence-corrected chi connectivity index (χ1v) is 15.9. The Morgan fingerprint density at radius 3 is 2.52 bits per heavy atom. The quantitative estimate of drug-likeness (QED) is 0.253. The van der Waals surface area contributed by atoms with Crippen molar-refractivity contribution < 1.29 is 13.2 Å². The van der Waals surface area contributed by atoms with Crippen molar-refractivity contribution >= 4 is 20.9 Å². The highest BCUT2D eigenvalue weighted by Crippen LogP contribution is 2.38. The van der Waals surface area contributed by atoms with E-state index in [9.17, 15) is 13.2 Å². The molecule has 0 amide bonds. The van der Waals surface area contributed by atoms with Gasteiger partial charge in [0.1, 0.15) is 12.4 Å². The third-order valence-electron chi connectivity index (χ3n) is 8.63. The van der Waals surface area contributed by atoms with Gasteiger partial charge in [0.15, 0.2) is 0 Å². The summed E-state index contributed by atoms with van der Waals surface area (Å²) in [5, 5.41) is 0.921. The lowest BCUT2D eigenvalue weighted by molar-refractivity contribution is 0.127. The van der Waals surface area contributed by atoms with E-state index < -0.39 is 10.0 Å². The summed E-state index contributed by atoms with van der Waals surface area (Å²) in [6, 6.07) is 26.1. The van der Waals surface area contributed by atoms with Crippen LogP contribution in [-0.4, -0.2) is 34.4 Å². The highest BCUT2D eigenvalue weighted by atomic mass is 32.2. The van der Waals surface area contributed by atoms with E-state index in [0.29, 0.717) is 36.0 Å². The normalized spacial score (nSPS) is 17.1. The van der Waals surface area contributed by atoms with Crippen LogP contribution in [0.5, 0.6) is 5.75 Å². The van der Waals surface area contributed by atoms with Gasteiger partial charge < -0.3 is 4.74 Å². The number of pyridine rings is 1. The Morgan fingerprint density at radius 1 is 0.929 bits per heavy atom. The molecule has 7 rings (SSSR count). The number of aryl methyl sites for hydroxylation is 1. The minimum Gasteiger partial charge on any atom is -0.489 e. The maximum atomic E-state index is 14.3. The van der Waals surface area contributed by atoms with E-state index in [0.717, 1.165) is 47.3 Å². The van der Waals surface area contributed by atoms with Crippen LogP contribution in [0.3, 0.4) is 0 Å². The second-order valence-corrected chi connectivity index (χ2v) is 13.2. The van der Waals surface area contributed by atoms with Crippen molar-refractivity contribution in [2.75, 3.05) is 6.54 Å². The summed E-state index contributed by atoms with van der Waals surface area (Å²) < 4.78 is 37.5. The monoisotopic (exact) mass is 579 g/mol. The molecule has 8 heteroatoms. The standard InChI is InChI=1S/C34H33N3O4S/c1-24-10-13-29(14-11-24)42(39,40)37-32-20-27(12-15-30(32)31-22-35-17-6-5-9-26(35)19-33(31)37)36-18-16-28(21-34(36)38)41-23-25-7-3-2-4-8-25/h2-4,7-8,10-16,18,20-21,26H,5-6,9,17,19,22-23H2,1H3. The van der Waals surface area contributed by atoms with Crippen molar-refractivity contribution in [3.05, 3.63) is 124 Å². The van der Waals surface area contributed by atoms with Crippen molar-refractivity contribution in [3.63, 3.8) is 0 Å². The zero-order chi connectivity index (χ0) is 28.8. The zero-order valence-electron chi connectivity index (χ0n) is 23.6. The summed E-state index contributed by atoms with van der Waals surface area (Å²) in [4.78, 5) is 16.0. The summed E-state index contributed by atoms with van der Waals surface area (Å²) in [6.45, 7) is 4.08. The van der Waals surface area contributed by atoms with Gasteiger partial charge in [0.05, 0.1) is 16.1 Å². The topological polar surface area (TPSA) is 73.5 Å². The third kappa shape index (κ3) is 4.74. The van der Waals surface area contributed by atoms with E-state index >= 15 is 0 Å². The Morgan fingerprint density at radius 2 is 1.74 bits per heavy atom. The molecule has 1 unspecified atom stereocenters. The largest absolute Gasteiger partial charge is 0.489 e. The molecule has 4 heterocycles. The summed E-state index contributed by atoms with van der Waals surface area (Å²) in [5.74, 6) is 0.485. The van der Waals surface area contributed by atoms with Gasteiger partial charge in [-0.15, -0.1) is 0 Å². The smallest absolute Gasteiger partial charge is 0.268 e. The molecule has 2 aromatic heterocycles. The van der Waals surface area contributed by atoms with Crippen molar-refractivity contribution in [2.45, 2.75) is 56.7 Å². The van der Waals surface area contributed by atoms with Crippen molar-refractivity contribution in [1.29, 1.82) is 0 Å². The van der Waals surface area contributed by atoms with Crippen LogP contribution >= 0.6 is 0 Å². The maximum absolute atomic E-state index is 14.3. The second-order valence-electron chi connectivity index (χ2n) is 11.4. The lowest BCUT2D eigenvalue weighted by atomic mass is 9.91. The lowest BCUT2D eigenvalue weighted by Crippen LogP contribution is -2.44. The molecule has 0 aliphatic carbocycles. The summed E-state index contributed by atoms with van der Waals surface area (Å²) in [6.07, 6.45) is 5.79. The second kappa shape index (κ2) is 10.6. The van der Waals surface area contributed by atoms with Crippen LogP contribution in [0.1, 0.15) is 41.6 Å². The number of hydrogen-bond donors (Lipinski definition) is 0. The van der Waals surface area contributed by atoms with Crippen molar-refractivity contribution in [3.8, 4) is 11.4 Å². The van der Waals surface area contributed by atoms with E-state index in [4.69, 9.17) is 4.74 Å². The SMILES string of the molecule is Cc1ccc(S(=O)(=O)n2c3c(c4ccc(-n5ccc(OCc6ccccc6)cc5=O)cc42)CN2CCCCC2C3)cc1. The molecule has 0 bridgehead atoms. The average molecular weight is 580 g/mol. The van der Waals surface area contributed by atoms with Crippen LogP contribution in [0.25, 0.3) is 16.6 Å². The Hall–Kier alpha value is -4.14. The van der Waals surface area contributed by atoms with E-state index in [1.54, 1.807) is 28.4 Å². The van der Waals surface area contributed by atoms with Gasteiger partial charge in [-0.25, -0.2) is 12.4 Å². The molecular formula is C34H33N3O4S. The number of benzene rings is 3. The lowest BCUT2D eigenvalue weighted by Gasteiger charge is -2.39. The maximum Gasteiger partial charge on any atom is 0.268 e. The minimum absolute atomic E-state index is 0.249. The Kier molecular flexibility index (Phi) is 6.75. The van der Waals surface area contributed by atoms with Gasteiger partial charge in [0.25, 0.3) is 15.6 Å². The van der Waals surface area contributed by atoms with E-state index in [-0.39, 0.29) is 10.5 Å². The fraction of sp³-hybridized carbons (Fsp3) is 0.265. The number of piperidine rings is 1. The molecule has 7 nitrogen and oxygen atoms in total. The fourth-order valence-corrected chi connectivity index (χ4v) is 8.00. The molecule has 0 saturated carbocycles. The predicted octanol–water partition coefficient (Wildman–Crippen LogP) is 5.83. The van der Waals surface area contributed by atoms with E-state index in [2.05, 4.69) is 4.90 Å². The number of ether oxygens (including phenoxy) is 1. The number of nitrogens with zero attached hydrogens (tertiary/aromatic N) is 3. The predicted molar refractivity (Wildman–Crippen MR) is 164 cm³/mol.